The molecule has 2 aromatic carbocycles. The zero-order chi connectivity index (χ0) is 14.4. The Balaban J connectivity index is 2.29. The Bertz CT molecular complexity index is 593. The molecular formula is C17H17NOS. The van der Waals surface area contributed by atoms with E-state index in [1.807, 2.05) is 67.6 Å². The maximum atomic E-state index is 10.4. The van der Waals surface area contributed by atoms with Gasteiger partial charge in [0, 0.05) is 6.42 Å². The highest BCUT2D eigenvalue weighted by Gasteiger charge is 2.29. The average molecular weight is 283 g/mol. The molecule has 0 unspecified atom stereocenters. The second-order valence-electron chi connectivity index (χ2n) is 4.97. The zero-order valence-corrected chi connectivity index (χ0v) is 12.2. The summed E-state index contributed by atoms with van der Waals surface area (Å²) in [6, 6.07) is 19.5. The van der Waals surface area contributed by atoms with Crippen LogP contribution in [0.2, 0.25) is 0 Å². The molecule has 0 aromatic heterocycles. The van der Waals surface area contributed by atoms with Gasteiger partial charge in [-0.15, -0.1) is 0 Å². The first kappa shape index (κ1) is 14.6. The van der Waals surface area contributed by atoms with Crippen molar-refractivity contribution in [3.8, 4) is 0 Å². The van der Waals surface area contributed by atoms with Gasteiger partial charge in [0.25, 0.3) is 0 Å². The molecular weight excluding hydrogens is 266 g/mol. The highest BCUT2D eigenvalue weighted by molar-refractivity contribution is 7.78. The van der Waals surface area contributed by atoms with Gasteiger partial charge < -0.3 is 5.11 Å². The fourth-order valence-corrected chi connectivity index (χ4v) is 2.50. The Kier molecular flexibility index (Phi) is 4.80. The summed E-state index contributed by atoms with van der Waals surface area (Å²) >= 11 is 4.77. The lowest BCUT2D eigenvalue weighted by Gasteiger charge is -2.27. The van der Waals surface area contributed by atoms with Gasteiger partial charge in [0.15, 0.2) is 0 Å². The Morgan fingerprint density at radius 1 is 1.10 bits per heavy atom. The third kappa shape index (κ3) is 3.40. The van der Waals surface area contributed by atoms with Gasteiger partial charge >= 0.3 is 0 Å². The number of aliphatic hydroxyl groups is 1. The summed E-state index contributed by atoms with van der Waals surface area (Å²) in [5.41, 5.74) is 1.33. The van der Waals surface area contributed by atoms with E-state index in [0.29, 0.717) is 6.42 Å². The van der Waals surface area contributed by atoms with Crippen LogP contribution in [0.25, 0.3) is 0 Å². The normalized spacial score (nSPS) is 14.9. The molecule has 0 saturated carbocycles. The van der Waals surface area contributed by atoms with Crippen LogP contribution in [0.5, 0.6) is 0 Å². The maximum Gasteiger partial charge on any atom is 0.0959 e. The molecule has 0 aliphatic rings. The van der Waals surface area contributed by atoms with E-state index in [-0.39, 0.29) is 0 Å². The molecule has 0 heterocycles. The molecule has 2 rings (SSSR count). The summed E-state index contributed by atoms with van der Waals surface area (Å²) in [5, 5.41) is 12.9. The van der Waals surface area contributed by atoms with E-state index in [1.165, 1.54) is 0 Å². The van der Waals surface area contributed by atoms with Crippen LogP contribution in [0, 0.1) is 0 Å². The lowest BCUT2D eigenvalue weighted by molar-refractivity contribution is 0.138. The van der Waals surface area contributed by atoms with Gasteiger partial charge in [-0.1, -0.05) is 60.7 Å². The van der Waals surface area contributed by atoms with Crippen molar-refractivity contribution in [2.24, 2.45) is 4.99 Å². The van der Waals surface area contributed by atoms with Crippen LogP contribution >= 0.6 is 12.2 Å². The number of nitrogens with zero attached hydrogens (tertiary/aromatic N) is 1. The summed E-state index contributed by atoms with van der Waals surface area (Å²) in [4.78, 5) is 4.30. The summed E-state index contributed by atoms with van der Waals surface area (Å²) in [6.07, 6.45) is -0.126. The van der Waals surface area contributed by atoms with E-state index in [2.05, 4.69) is 10.2 Å². The van der Waals surface area contributed by atoms with Crippen molar-refractivity contribution in [1.82, 2.24) is 0 Å². The van der Waals surface area contributed by atoms with Crippen molar-refractivity contribution < 1.29 is 5.11 Å². The van der Waals surface area contributed by atoms with E-state index < -0.39 is 11.6 Å². The number of aliphatic hydroxyl groups excluding tert-OH is 1. The maximum absolute atomic E-state index is 10.4. The standard InChI is InChI=1S/C17H17NOS/c1-17(18-13-20,15-10-6-3-7-11-15)12-16(19)14-8-4-2-5-9-14/h2-11,16,19H,12H2,1H3/t16-,17-/m0/s1. The van der Waals surface area contributed by atoms with Gasteiger partial charge in [0.05, 0.1) is 16.8 Å². The largest absolute Gasteiger partial charge is 0.388 e. The van der Waals surface area contributed by atoms with Crippen LogP contribution < -0.4 is 0 Å². The molecule has 0 radical (unpaired) electrons. The SMILES string of the molecule is C[C@@](C[C@H](O)c1ccccc1)(N=C=S)c1ccccc1. The second kappa shape index (κ2) is 6.58. The number of isothiocyanates is 1. The van der Waals surface area contributed by atoms with Crippen molar-refractivity contribution >= 4 is 17.4 Å². The van der Waals surface area contributed by atoms with Crippen LogP contribution in [0.4, 0.5) is 0 Å². The fourth-order valence-electron chi connectivity index (χ4n) is 2.30. The lowest BCUT2D eigenvalue weighted by atomic mass is 9.85. The van der Waals surface area contributed by atoms with Crippen LogP contribution in [-0.4, -0.2) is 10.3 Å². The number of aliphatic imine (C=N–C) groups is 1. The Morgan fingerprint density at radius 3 is 2.20 bits per heavy atom. The van der Waals surface area contributed by atoms with Crippen LogP contribution in [0.1, 0.15) is 30.6 Å². The van der Waals surface area contributed by atoms with Gasteiger partial charge in [-0.2, -0.15) is 0 Å². The molecule has 2 aromatic rings. The van der Waals surface area contributed by atoms with Crippen molar-refractivity contribution in [2.45, 2.75) is 25.0 Å². The number of hydrogen-bond acceptors (Lipinski definition) is 3. The van der Waals surface area contributed by atoms with E-state index in [4.69, 9.17) is 12.2 Å². The number of rotatable bonds is 5. The molecule has 2 atom stereocenters. The minimum atomic E-state index is -0.589. The first-order valence-corrected chi connectivity index (χ1v) is 6.94. The van der Waals surface area contributed by atoms with Crippen LogP contribution in [-0.2, 0) is 5.54 Å². The molecule has 0 bridgehead atoms. The Hall–Kier alpha value is -1.80. The molecule has 20 heavy (non-hydrogen) atoms. The summed E-state index contributed by atoms with van der Waals surface area (Å²) in [7, 11) is 0. The Morgan fingerprint density at radius 2 is 1.65 bits per heavy atom. The third-order valence-electron chi connectivity index (χ3n) is 3.46. The molecule has 0 aliphatic carbocycles. The summed E-state index contributed by atoms with van der Waals surface area (Å²) in [5.74, 6) is 0. The summed E-state index contributed by atoms with van der Waals surface area (Å²) < 4.78 is 0. The second-order valence-corrected chi connectivity index (χ2v) is 5.16. The molecule has 0 spiro atoms. The monoisotopic (exact) mass is 283 g/mol. The topological polar surface area (TPSA) is 32.6 Å². The lowest BCUT2D eigenvalue weighted by Crippen LogP contribution is -2.22. The van der Waals surface area contributed by atoms with E-state index in [1.54, 1.807) is 0 Å². The van der Waals surface area contributed by atoms with Crippen molar-refractivity contribution in [1.29, 1.82) is 0 Å². The van der Waals surface area contributed by atoms with Gasteiger partial charge in [-0.25, -0.2) is 4.99 Å². The number of hydrogen-bond donors (Lipinski definition) is 1. The highest BCUT2D eigenvalue weighted by Crippen LogP contribution is 2.34. The zero-order valence-electron chi connectivity index (χ0n) is 11.4. The number of thiocarbonyl (C=S) groups is 1. The predicted molar refractivity (Wildman–Crippen MR) is 84.8 cm³/mol. The molecule has 1 N–H and O–H groups in total. The van der Waals surface area contributed by atoms with Crippen LogP contribution in [0.3, 0.4) is 0 Å². The van der Waals surface area contributed by atoms with Gasteiger partial charge in [0.1, 0.15) is 0 Å². The molecule has 2 nitrogen and oxygen atoms in total. The minimum absolute atomic E-state index is 0.463. The molecule has 0 aliphatic heterocycles. The highest BCUT2D eigenvalue weighted by atomic mass is 32.1. The smallest absolute Gasteiger partial charge is 0.0959 e. The first-order chi connectivity index (χ1) is 9.65. The van der Waals surface area contributed by atoms with Crippen molar-refractivity contribution in [3.05, 3.63) is 71.8 Å². The van der Waals surface area contributed by atoms with Gasteiger partial charge in [-0.3, -0.25) is 0 Å². The van der Waals surface area contributed by atoms with Crippen molar-refractivity contribution in [2.75, 3.05) is 0 Å². The fraction of sp³-hybridized carbons (Fsp3) is 0.235. The van der Waals surface area contributed by atoms with E-state index in [0.717, 1.165) is 11.1 Å². The predicted octanol–water partition coefficient (Wildman–Crippen LogP) is 4.13. The average Bonchev–Trinajstić information content (AvgIpc) is 2.49. The van der Waals surface area contributed by atoms with E-state index in [9.17, 15) is 5.11 Å². The van der Waals surface area contributed by atoms with Gasteiger partial charge in [-0.05, 0) is 30.3 Å². The third-order valence-corrected chi connectivity index (χ3v) is 3.55. The number of benzene rings is 2. The minimum Gasteiger partial charge on any atom is -0.388 e. The summed E-state index contributed by atoms with van der Waals surface area (Å²) in [6.45, 7) is 1.97. The molecule has 0 amide bonds. The molecule has 0 saturated heterocycles. The molecule has 102 valence electrons. The molecule has 3 heteroatoms. The van der Waals surface area contributed by atoms with Gasteiger partial charge in [0.2, 0.25) is 0 Å². The molecule has 0 fully saturated rings. The van der Waals surface area contributed by atoms with E-state index >= 15 is 0 Å². The van der Waals surface area contributed by atoms with Crippen LogP contribution in [0.15, 0.2) is 65.7 Å². The van der Waals surface area contributed by atoms with Crippen molar-refractivity contribution in [3.63, 3.8) is 0 Å². The Labute approximate surface area is 124 Å². The first-order valence-electron chi connectivity index (χ1n) is 6.53. The quantitative estimate of drug-likeness (QED) is 0.661.